The topological polar surface area (TPSA) is 56.4 Å². The molecule has 0 radical (unpaired) electrons. The first-order valence-corrected chi connectivity index (χ1v) is 7.42. The molecule has 0 spiro atoms. The summed E-state index contributed by atoms with van der Waals surface area (Å²) in [6, 6.07) is 3.78. The fourth-order valence-corrected chi connectivity index (χ4v) is 2.18. The van der Waals surface area contributed by atoms with Crippen molar-refractivity contribution in [2.24, 2.45) is 0 Å². The Balaban J connectivity index is 0.00000106. The summed E-state index contributed by atoms with van der Waals surface area (Å²) in [5, 5.41) is 0. The highest BCUT2D eigenvalue weighted by molar-refractivity contribution is 5.87. The van der Waals surface area contributed by atoms with E-state index in [-0.39, 0.29) is 11.5 Å². The lowest BCUT2D eigenvalue weighted by Gasteiger charge is -2.34. The van der Waals surface area contributed by atoms with Gasteiger partial charge in [-0.15, -0.1) is 0 Å². The second-order valence-corrected chi connectivity index (χ2v) is 4.80. The summed E-state index contributed by atoms with van der Waals surface area (Å²) in [5.41, 5.74) is 1.61. The molecule has 1 N–H and O–H groups in total. The van der Waals surface area contributed by atoms with Crippen LogP contribution in [0.4, 0.5) is 0 Å². The normalized spacial score (nSPS) is 15.1. The van der Waals surface area contributed by atoms with Gasteiger partial charge < -0.3 is 9.88 Å². The molecule has 0 bridgehead atoms. The molecule has 5 nitrogen and oxygen atoms in total. The van der Waals surface area contributed by atoms with Gasteiger partial charge in [-0.3, -0.25) is 14.5 Å². The van der Waals surface area contributed by atoms with E-state index in [1.54, 1.807) is 11.8 Å². The van der Waals surface area contributed by atoms with Crippen LogP contribution in [0.15, 0.2) is 29.6 Å². The maximum Gasteiger partial charge on any atom is 0.251 e. The van der Waals surface area contributed by atoms with E-state index >= 15 is 0 Å². The number of amides is 1. The van der Waals surface area contributed by atoms with Crippen LogP contribution in [0, 0.1) is 6.92 Å². The Morgan fingerprint density at radius 1 is 1.29 bits per heavy atom. The zero-order valence-electron chi connectivity index (χ0n) is 13.2. The number of hydrogen-bond acceptors (Lipinski definition) is 3. The van der Waals surface area contributed by atoms with Crippen molar-refractivity contribution in [2.75, 3.05) is 26.2 Å². The Morgan fingerprint density at radius 2 is 1.90 bits per heavy atom. The number of hydrogen-bond donors (Lipinski definition) is 1. The minimum absolute atomic E-state index is 0.0107. The molecule has 1 amide bonds. The number of H-pyrrole nitrogens is 1. The summed E-state index contributed by atoms with van der Waals surface area (Å²) in [7, 11) is 0. The van der Waals surface area contributed by atoms with Gasteiger partial charge in [0.2, 0.25) is 5.91 Å². The molecule has 21 heavy (non-hydrogen) atoms. The third-order valence-electron chi connectivity index (χ3n) is 3.42. The molecule has 0 saturated carbocycles. The number of aromatic nitrogens is 1. The van der Waals surface area contributed by atoms with Gasteiger partial charge in [-0.05, 0) is 19.1 Å². The molecular weight excluding hydrogens is 266 g/mol. The number of piperazine rings is 1. The van der Waals surface area contributed by atoms with E-state index in [1.807, 2.05) is 26.0 Å². The SMILES string of the molecule is C=CC(=O)N1CCN(Cc2ccc(C)c(=O)[nH]2)CC1.CC. The van der Waals surface area contributed by atoms with E-state index in [0.717, 1.165) is 24.3 Å². The lowest BCUT2D eigenvalue weighted by molar-refractivity contribution is -0.127. The van der Waals surface area contributed by atoms with Crippen molar-refractivity contribution in [2.45, 2.75) is 27.3 Å². The van der Waals surface area contributed by atoms with Crippen LogP contribution in [0.2, 0.25) is 0 Å². The van der Waals surface area contributed by atoms with Gasteiger partial charge in [-0.25, -0.2) is 0 Å². The fourth-order valence-electron chi connectivity index (χ4n) is 2.18. The molecule has 0 atom stereocenters. The van der Waals surface area contributed by atoms with Crippen LogP contribution in [0.25, 0.3) is 0 Å². The summed E-state index contributed by atoms with van der Waals surface area (Å²) in [5.74, 6) is -0.0107. The molecule has 1 aromatic heterocycles. The second-order valence-electron chi connectivity index (χ2n) is 4.80. The minimum atomic E-state index is -0.0297. The molecule has 1 fully saturated rings. The Hall–Kier alpha value is -1.88. The van der Waals surface area contributed by atoms with Gasteiger partial charge >= 0.3 is 0 Å². The summed E-state index contributed by atoms with van der Waals surface area (Å²) in [6.45, 7) is 13.1. The fraction of sp³-hybridized carbons (Fsp3) is 0.500. The number of aryl methyl sites for hydroxylation is 1. The van der Waals surface area contributed by atoms with E-state index in [0.29, 0.717) is 19.6 Å². The first-order chi connectivity index (χ1) is 10.1. The quantitative estimate of drug-likeness (QED) is 0.860. The largest absolute Gasteiger partial charge is 0.337 e. The van der Waals surface area contributed by atoms with Crippen LogP contribution < -0.4 is 5.56 Å². The second kappa shape index (κ2) is 8.42. The van der Waals surface area contributed by atoms with E-state index in [1.165, 1.54) is 6.08 Å². The van der Waals surface area contributed by atoms with Gasteiger partial charge in [0.25, 0.3) is 5.56 Å². The van der Waals surface area contributed by atoms with Crippen LogP contribution in [0.5, 0.6) is 0 Å². The number of nitrogens with one attached hydrogen (secondary N) is 1. The lowest BCUT2D eigenvalue weighted by atomic mass is 10.2. The maximum absolute atomic E-state index is 11.5. The van der Waals surface area contributed by atoms with Crippen molar-refractivity contribution < 1.29 is 4.79 Å². The zero-order chi connectivity index (χ0) is 15.8. The molecule has 0 aliphatic carbocycles. The molecule has 116 valence electrons. The highest BCUT2D eigenvalue weighted by Gasteiger charge is 2.19. The third kappa shape index (κ3) is 4.86. The number of nitrogens with zero attached hydrogens (tertiary/aromatic N) is 2. The molecule has 1 aliphatic rings. The van der Waals surface area contributed by atoms with E-state index in [9.17, 15) is 9.59 Å². The zero-order valence-corrected chi connectivity index (χ0v) is 13.2. The Kier molecular flexibility index (Phi) is 6.88. The molecule has 0 unspecified atom stereocenters. The van der Waals surface area contributed by atoms with Gasteiger partial charge in [0.15, 0.2) is 0 Å². The van der Waals surface area contributed by atoms with Gasteiger partial charge in [0.05, 0.1) is 0 Å². The van der Waals surface area contributed by atoms with E-state index in [4.69, 9.17) is 0 Å². The van der Waals surface area contributed by atoms with Crippen molar-refractivity contribution in [1.82, 2.24) is 14.8 Å². The van der Waals surface area contributed by atoms with Crippen LogP contribution in [0.1, 0.15) is 25.1 Å². The first-order valence-electron chi connectivity index (χ1n) is 7.42. The van der Waals surface area contributed by atoms with Gasteiger partial charge in [0, 0.05) is 44.0 Å². The molecule has 1 saturated heterocycles. The molecule has 1 aromatic rings. The molecule has 0 aromatic carbocycles. The summed E-state index contributed by atoms with van der Waals surface area (Å²) in [6.07, 6.45) is 1.35. The number of carbonyl (C=O) groups excluding carboxylic acids is 1. The number of carbonyl (C=O) groups is 1. The molecule has 1 aliphatic heterocycles. The third-order valence-corrected chi connectivity index (χ3v) is 3.42. The summed E-state index contributed by atoms with van der Waals surface area (Å²) >= 11 is 0. The molecule has 2 rings (SSSR count). The van der Waals surface area contributed by atoms with E-state index in [2.05, 4.69) is 16.5 Å². The standard InChI is InChI=1S/C14H19N3O2.C2H6/c1-3-13(18)17-8-6-16(7-9-17)10-12-5-4-11(2)14(19)15-12;1-2/h3-5H,1,6-10H2,2H3,(H,15,19);1-2H3. The summed E-state index contributed by atoms with van der Waals surface area (Å²) < 4.78 is 0. The van der Waals surface area contributed by atoms with Crippen molar-refractivity contribution in [3.05, 3.63) is 46.4 Å². The van der Waals surface area contributed by atoms with Crippen molar-refractivity contribution in [1.29, 1.82) is 0 Å². The average Bonchev–Trinajstić information content (AvgIpc) is 2.53. The Labute approximate surface area is 126 Å². The van der Waals surface area contributed by atoms with Crippen molar-refractivity contribution in [3.63, 3.8) is 0 Å². The summed E-state index contributed by atoms with van der Waals surface area (Å²) in [4.78, 5) is 29.9. The first kappa shape index (κ1) is 17.2. The predicted octanol–water partition coefficient (Wildman–Crippen LogP) is 1.54. The van der Waals surface area contributed by atoms with Crippen LogP contribution in [-0.4, -0.2) is 46.9 Å². The monoisotopic (exact) mass is 291 g/mol. The molecular formula is C16H25N3O2. The average molecular weight is 291 g/mol. The lowest BCUT2D eigenvalue weighted by Crippen LogP contribution is -2.47. The predicted molar refractivity (Wildman–Crippen MR) is 85.2 cm³/mol. The number of pyridine rings is 1. The number of rotatable bonds is 3. The van der Waals surface area contributed by atoms with Gasteiger partial charge in [-0.2, -0.15) is 0 Å². The Bertz CT molecular complexity index is 529. The minimum Gasteiger partial charge on any atom is -0.337 e. The van der Waals surface area contributed by atoms with Crippen molar-refractivity contribution >= 4 is 5.91 Å². The maximum atomic E-state index is 11.5. The smallest absolute Gasteiger partial charge is 0.251 e. The highest BCUT2D eigenvalue weighted by Crippen LogP contribution is 2.06. The van der Waals surface area contributed by atoms with Crippen LogP contribution in [0.3, 0.4) is 0 Å². The van der Waals surface area contributed by atoms with E-state index < -0.39 is 0 Å². The number of aromatic amines is 1. The van der Waals surface area contributed by atoms with Crippen LogP contribution in [-0.2, 0) is 11.3 Å². The highest BCUT2D eigenvalue weighted by atomic mass is 16.2. The molecule has 5 heteroatoms. The van der Waals surface area contributed by atoms with Gasteiger partial charge in [-0.1, -0.05) is 26.5 Å². The molecule has 2 heterocycles. The van der Waals surface area contributed by atoms with Gasteiger partial charge in [0.1, 0.15) is 0 Å². The Morgan fingerprint density at radius 3 is 2.43 bits per heavy atom. The van der Waals surface area contributed by atoms with Crippen LogP contribution >= 0.6 is 0 Å². The van der Waals surface area contributed by atoms with Crippen molar-refractivity contribution in [3.8, 4) is 0 Å².